The molecular formula is C21H25FN4O2. The SMILES string of the molecule is Cc1cc(CNC(=O)NC(C)c2ccc(NC(=O)NC3CC3)cc2)ccc1F. The summed E-state index contributed by atoms with van der Waals surface area (Å²) in [6, 6.07) is 11.7. The lowest BCUT2D eigenvalue weighted by Crippen LogP contribution is -2.36. The van der Waals surface area contributed by atoms with Crippen molar-refractivity contribution in [2.24, 2.45) is 0 Å². The Bertz CT molecular complexity index is 850. The molecule has 1 atom stereocenters. The van der Waals surface area contributed by atoms with E-state index in [2.05, 4.69) is 21.3 Å². The van der Waals surface area contributed by atoms with E-state index in [9.17, 15) is 14.0 Å². The molecule has 148 valence electrons. The maximum absolute atomic E-state index is 13.3. The molecule has 1 saturated carbocycles. The zero-order valence-corrected chi connectivity index (χ0v) is 16.0. The van der Waals surface area contributed by atoms with Gasteiger partial charge in [0, 0.05) is 18.3 Å². The van der Waals surface area contributed by atoms with Crippen LogP contribution < -0.4 is 21.3 Å². The van der Waals surface area contributed by atoms with Gasteiger partial charge in [-0.1, -0.05) is 24.3 Å². The molecule has 0 aromatic heterocycles. The largest absolute Gasteiger partial charge is 0.335 e. The van der Waals surface area contributed by atoms with Crippen molar-refractivity contribution < 1.29 is 14.0 Å². The van der Waals surface area contributed by atoms with Gasteiger partial charge >= 0.3 is 12.1 Å². The standard InChI is InChI=1S/C21H25FN4O2/c1-13-11-15(3-10-19(13)22)12-23-20(27)24-14(2)16-4-6-17(7-5-16)25-21(28)26-18-8-9-18/h3-7,10-11,14,18H,8-9,12H2,1-2H3,(H2,23,24,27)(H2,25,26,28). The van der Waals surface area contributed by atoms with Gasteiger partial charge in [0.25, 0.3) is 0 Å². The van der Waals surface area contributed by atoms with Gasteiger partial charge < -0.3 is 21.3 Å². The summed E-state index contributed by atoms with van der Waals surface area (Å²) in [6.45, 7) is 3.89. The number of anilines is 1. The van der Waals surface area contributed by atoms with Crippen LogP contribution in [0.4, 0.5) is 19.7 Å². The van der Waals surface area contributed by atoms with Gasteiger partial charge in [-0.25, -0.2) is 14.0 Å². The van der Waals surface area contributed by atoms with Gasteiger partial charge in [-0.15, -0.1) is 0 Å². The van der Waals surface area contributed by atoms with Crippen LogP contribution in [0.1, 0.15) is 42.5 Å². The van der Waals surface area contributed by atoms with Gasteiger partial charge in [0.05, 0.1) is 6.04 Å². The molecule has 28 heavy (non-hydrogen) atoms. The van der Waals surface area contributed by atoms with Gasteiger partial charge in [-0.05, 0) is 61.6 Å². The number of hydrogen-bond acceptors (Lipinski definition) is 2. The van der Waals surface area contributed by atoms with E-state index in [4.69, 9.17) is 0 Å². The Hall–Kier alpha value is -3.09. The fraction of sp³-hybridized carbons (Fsp3) is 0.333. The molecule has 1 aliphatic carbocycles. The third kappa shape index (κ3) is 5.70. The van der Waals surface area contributed by atoms with Crippen LogP contribution >= 0.6 is 0 Å². The number of amides is 4. The Morgan fingerprint density at radius 2 is 1.82 bits per heavy atom. The number of benzene rings is 2. The molecule has 1 unspecified atom stereocenters. The molecule has 6 nitrogen and oxygen atoms in total. The number of rotatable bonds is 6. The van der Waals surface area contributed by atoms with E-state index in [-0.39, 0.29) is 23.9 Å². The van der Waals surface area contributed by atoms with Crippen molar-refractivity contribution in [3.8, 4) is 0 Å². The molecule has 0 radical (unpaired) electrons. The molecule has 2 aromatic rings. The highest BCUT2D eigenvalue weighted by Gasteiger charge is 2.23. The summed E-state index contributed by atoms with van der Waals surface area (Å²) >= 11 is 0. The van der Waals surface area contributed by atoms with Gasteiger partial charge in [-0.2, -0.15) is 0 Å². The fourth-order valence-corrected chi connectivity index (χ4v) is 2.77. The second-order valence-corrected chi connectivity index (χ2v) is 7.13. The summed E-state index contributed by atoms with van der Waals surface area (Å²) < 4.78 is 13.3. The molecule has 1 fully saturated rings. The second-order valence-electron chi connectivity index (χ2n) is 7.13. The third-order valence-electron chi connectivity index (χ3n) is 4.60. The summed E-state index contributed by atoms with van der Waals surface area (Å²) in [5.74, 6) is -0.259. The highest BCUT2D eigenvalue weighted by molar-refractivity contribution is 5.89. The van der Waals surface area contributed by atoms with Gasteiger partial charge in [-0.3, -0.25) is 0 Å². The Morgan fingerprint density at radius 3 is 2.46 bits per heavy atom. The zero-order chi connectivity index (χ0) is 20.1. The third-order valence-corrected chi connectivity index (χ3v) is 4.60. The van der Waals surface area contributed by atoms with E-state index in [1.807, 2.05) is 19.1 Å². The molecule has 1 aliphatic rings. The van der Waals surface area contributed by atoms with Crippen LogP contribution in [0.5, 0.6) is 0 Å². The molecule has 0 saturated heterocycles. The topological polar surface area (TPSA) is 82.3 Å². The molecular weight excluding hydrogens is 359 g/mol. The molecule has 0 spiro atoms. The lowest BCUT2D eigenvalue weighted by molar-refractivity contribution is 0.237. The minimum Gasteiger partial charge on any atom is -0.335 e. The number of halogens is 1. The quantitative estimate of drug-likeness (QED) is 0.608. The van der Waals surface area contributed by atoms with Crippen molar-refractivity contribution in [3.05, 3.63) is 65.0 Å². The molecule has 4 amide bonds. The molecule has 0 bridgehead atoms. The zero-order valence-electron chi connectivity index (χ0n) is 16.0. The Kier molecular flexibility index (Phi) is 6.13. The van der Waals surface area contributed by atoms with Crippen LogP contribution in [-0.4, -0.2) is 18.1 Å². The molecule has 0 heterocycles. The van der Waals surface area contributed by atoms with Crippen LogP contribution in [0.25, 0.3) is 0 Å². The first kappa shape index (κ1) is 19.7. The Morgan fingerprint density at radius 1 is 1.11 bits per heavy atom. The van der Waals surface area contributed by atoms with Gasteiger partial charge in [0.15, 0.2) is 0 Å². The summed E-state index contributed by atoms with van der Waals surface area (Å²) in [6.07, 6.45) is 2.08. The number of aryl methyl sites for hydroxylation is 1. The van der Waals surface area contributed by atoms with Gasteiger partial charge in [0.1, 0.15) is 5.82 Å². The van der Waals surface area contributed by atoms with Crippen molar-refractivity contribution in [2.75, 3.05) is 5.32 Å². The number of hydrogen-bond donors (Lipinski definition) is 4. The van der Waals surface area contributed by atoms with E-state index in [0.29, 0.717) is 23.8 Å². The predicted octanol–water partition coefficient (Wildman–Crippen LogP) is 3.98. The highest BCUT2D eigenvalue weighted by Crippen LogP contribution is 2.19. The predicted molar refractivity (Wildman–Crippen MR) is 107 cm³/mol. The summed E-state index contributed by atoms with van der Waals surface area (Å²) in [5.41, 5.74) is 3.00. The second kappa shape index (κ2) is 8.73. The van der Waals surface area contributed by atoms with E-state index in [1.54, 1.807) is 31.2 Å². The van der Waals surface area contributed by atoms with Crippen LogP contribution in [-0.2, 0) is 6.54 Å². The first-order valence-corrected chi connectivity index (χ1v) is 9.37. The average molecular weight is 384 g/mol. The summed E-state index contributed by atoms with van der Waals surface area (Å²) in [5, 5.41) is 11.3. The summed E-state index contributed by atoms with van der Waals surface area (Å²) in [4.78, 5) is 23.9. The van der Waals surface area contributed by atoms with Crippen molar-refractivity contribution in [2.45, 2.75) is 45.3 Å². The summed E-state index contributed by atoms with van der Waals surface area (Å²) in [7, 11) is 0. The van der Waals surface area contributed by atoms with Crippen LogP contribution in [0.15, 0.2) is 42.5 Å². The smallest absolute Gasteiger partial charge is 0.319 e. The average Bonchev–Trinajstić information content (AvgIpc) is 3.47. The van der Waals surface area contributed by atoms with E-state index < -0.39 is 0 Å². The maximum Gasteiger partial charge on any atom is 0.319 e. The van der Waals surface area contributed by atoms with Crippen LogP contribution in [0.3, 0.4) is 0 Å². The first-order chi connectivity index (χ1) is 13.4. The minimum atomic E-state index is -0.305. The number of urea groups is 2. The normalized spacial score (nSPS) is 14.1. The van der Waals surface area contributed by atoms with Gasteiger partial charge in [0.2, 0.25) is 0 Å². The lowest BCUT2D eigenvalue weighted by Gasteiger charge is -2.16. The number of carbonyl (C=O) groups is 2. The van der Waals surface area contributed by atoms with Crippen LogP contribution in [0, 0.1) is 12.7 Å². The molecule has 0 aliphatic heterocycles. The number of nitrogens with one attached hydrogen (secondary N) is 4. The fourth-order valence-electron chi connectivity index (χ4n) is 2.77. The van der Waals surface area contributed by atoms with Crippen molar-refractivity contribution in [1.29, 1.82) is 0 Å². The van der Waals surface area contributed by atoms with Crippen molar-refractivity contribution in [3.63, 3.8) is 0 Å². The molecule has 7 heteroatoms. The van der Waals surface area contributed by atoms with Crippen molar-refractivity contribution in [1.82, 2.24) is 16.0 Å². The number of carbonyl (C=O) groups excluding carboxylic acids is 2. The Balaban J connectivity index is 1.46. The Labute approximate surface area is 163 Å². The van der Waals surface area contributed by atoms with E-state index in [1.165, 1.54) is 6.07 Å². The van der Waals surface area contributed by atoms with Crippen molar-refractivity contribution >= 4 is 17.7 Å². The molecule has 2 aromatic carbocycles. The maximum atomic E-state index is 13.3. The van der Waals surface area contributed by atoms with E-state index in [0.717, 1.165) is 24.0 Å². The highest BCUT2D eigenvalue weighted by atomic mass is 19.1. The molecule has 4 N–H and O–H groups in total. The molecule has 3 rings (SSSR count). The van der Waals surface area contributed by atoms with Crippen LogP contribution in [0.2, 0.25) is 0 Å². The monoisotopic (exact) mass is 384 g/mol. The lowest BCUT2D eigenvalue weighted by atomic mass is 10.1. The van der Waals surface area contributed by atoms with E-state index >= 15 is 0 Å². The minimum absolute atomic E-state index is 0.197. The first-order valence-electron chi connectivity index (χ1n) is 9.37.